The van der Waals surface area contributed by atoms with E-state index in [0.29, 0.717) is 23.5 Å². The van der Waals surface area contributed by atoms with Gasteiger partial charge in [0.15, 0.2) is 0 Å². The third-order valence-corrected chi connectivity index (χ3v) is 3.08. The van der Waals surface area contributed by atoms with Gasteiger partial charge in [0.05, 0.1) is 6.42 Å². The molecule has 0 saturated carbocycles. The van der Waals surface area contributed by atoms with Crippen molar-refractivity contribution in [2.75, 3.05) is 16.0 Å². The lowest BCUT2D eigenvalue weighted by Crippen LogP contribution is -2.19. The van der Waals surface area contributed by atoms with Crippen LogP contribution in [0.3, 0.4) is 0 Å². The van der Waals surface area contributed by atoms with Crippen LogP contribution in [-0.4, -0.2) is 11.9 Å². The number of benzene rings is 2. The molecule has 0 radical (unpaired) electrons. The summed E-state index contributed by atoms with van der Waals surface area (Å²) in [6.07, 6.45) is 0.352. The number of rotatable bonds is 2. The van der Waals surface area contributed by atoms with E-state index in [1.165, 1.54) is 18.2 Å². The summed E-state index contributed by atoms with van der Waals surface area (Å²) in [4.78, 5) is 23.1. The summed E-state index contributed by atoms with van der Waals surface area (Å²) in [5.41, 5.74) is 2.51. The topological polar surface area (TPSA) is 70.2 Å². The number of carbonyl (C=O) groups is 2. The van der Waals surface area contributed by atoms with Gasteiger partial charge in [-0.05, 0) is 35.9 Å². The van der Waals surface area contributed by atoms with Gasteiger partial charge < -0.3 is 16.0 Å². The average molecular weight is 285 g/mol. The summed E-state index contributed by atoms with van der Waals surface area (Å²) in [6, 6.07) is 10.3. The van der Waals surface area contributed by atoms with Crippen LogP contribution in [0.15, 0.2) is 42.5 Å². The minimum absolute atomic E-state index is 0.0636. The molecule has 21 heavy (non-hydrogen) atoms. The van der Waals surface area contributed by atoms with E-state index in [1.807, 2.05) is 0 Å². The second-order valence-electron chi connectivity index (χ2n) is 4.69. The first-order chi connectivity index (χ1) is 10.1. The average Bonchev–Trinajstić information content (AvgIpc) is 2.78. The Labute approximate surface area is 120 Å². The van der Waals surface area contributed by atoms with Crippen LogP contribution in [0.5, 0.6) is 0 Å². The van der Waals surface area contributed by atoms with Crippen molar-refractivity contribution in [2.45, 2.75) is 6.42 Å². The summed E-state index contributed by atoms with van der Waals surface area (Å²) in [5.74, 6) is -0.487. The molecule has 0 bridgehead atoms. The number of anilines is 3. The lowest BCUT2D eigenvalue weighted by atomic mass is 10.1. The molecule has 3 rings (SSSR count). The molecule has 3 N–H and O–H groups in total. The van der Waals surface area contributed by atoms with Gasteiger partial charge in [-0.25, -0.2) is 9.18 Å². The standard InChI is InChI=1S/C15H12FN3O2/c16-10-2-1-3-11(7-10)17-15(21)18-12-5-4-9-6-14(20)19-13(9)8-12/h1-5,7-8H,6H2,(H,19,20)(H2,17,18,21). The number of nitrogens with one attached hydrogen (secondary N) is 3. The highest BCUT2D eigenvalue weighted by Gasteiger charge is 2.17. The first-order valence-electron chi connectivity index (χ1n) is 6.36. The number of hydrogen-bond acceptors (Lipinski definition) is 2. The molecule has 1 aliphatic rings. The van der Waals surface area contributed by atoms with E-state index in [0.717, 1.165) is 5.56 Å². The van der Waals surface area contributed by atoms with Gasteiger partial charge in [-0.1, -0.05) is 12.1 Å². The molecule has 5 nitrogen and oxygen atoms in total. The van der Waals surface area contributed by atoms with E-state index in [-0.39, 0.29) is 5.91 Å². The van der Waals surface area contributed by atoms with Crippen LogP contribution in [0.1, 0.15) is 5.56 Å². The third-order valence-electron chi connectivity index (χ3n) is 3.08. The highest BCUT2D eigenvalue weighted by molar-refractivity contribution is 6.02. The fraction of sp³-hybridized carbons (Fsp3) is 0.0667. The molecule has 106 valence electrons. The first kappa shape index (κ1) is 13.1. The minimum Gasteiger partial charge on any atom is -0.325 e. The van der Waals surface area contributed by atoms with Crippen molar-refractivity contribution in [3.63, 3.8) is 0 Å². The fourth-order valence-electron chi connectivity index (χ4n) is 2.15. The van der Waals surface area contributed by atoms with Crippen molar-refractivity contribution < 1.29 is 14.0 Å². The molecule has 0 aromatic heterocycles. The van der Waals surface area contributed by atoms with Crippen molar-refractivity contribution in [1.29, 1.82) is 0 Å². The zero-order chi connectivity index (χ0) is 14.8. The lowest BCUT2D eigenvalue weighted by molar-refractivity contribution is -0.115. The molecule has 1 heterocycles. The molecule has 6 heteroatoms. The number of carbonyl (C=O) groups excluding carboxylic acids is 2. The largest absolute Gasteiger partial charge is 0.325 e. The smallest absolute Gasteiger partial charge is 0.323 e. The molecular weight excluding hydrogens is 273 g/mol. The quantitative estimate of drug-likeness (QED) is 0.794. The van der Waals surface area contributed by atoms with Crippen molar-refractivity contribution >= 4 is 29.0 Å². The fourth-order valence-corrected chi connectivity index (χ4v) is 2.15. The van der Waals surface area contributed by atoms with Crippen LogP contribution in [-0.2, 0) is 11.2 Å². The van der Waals surface area contributed by atoms with Crippen LogP contribution in [0.4, 0.5) is 26.2 Å². The summed E-state index contributed by atoms with van der Waals surface area (Å²) in [6.45, 7) is 0. The second kappa shape index (κ2) is 5.24. The normalized spacial score (nSPS) is 12.5. The minimum atomic E-state index is -0.482. The van der Waals surface area contributed by atoms with Gasteiger partial charge >= 0.3 is 6.03 Å². The summed E-state index contributed by atoms with van der Waals surface area (Å²) in [5, 5.41) is 7.87. The van der Waals surface area contributed by atoms with Crippen LogP contribution in [0.25, 0.3) is 0 Å². The predicted molar refractivity (Wildman–Crippen MR) is 77.8 cm³/mol. The van der Waals surface area contributed by atoms with Gasteiger partial charge in [-0.15, -0.1) is 0 Å². The second-order valence-corrected chi connectivity index (χ2v) is 4.69. The van der Waals surface area contributed by atoms with Gasteiger partial charge in [0, 0.05) is 17.1 Å². The van der Waals surface area contributed by atoms with Gasteiger partial charge in [0.2, 0.25) is 5.91 Å². The molecule has 1 aliphatic heterocycles. The van der Waals surface area contributed by atoms with Gasteiger partial charge in [0.25, 0.3) is 0 Å². The monoisotopic (exact) mass is 285 g/mol. The zero-order valence-electron chi connectivity index (χ0n) is 10.9. The van der Waals surface area contributed by atoms with E-state index in [4.69, 9.17) is 0 Å². The Morgan fingerprint density at radius 3 is 2.62 bits per heavy atom. The zero-order valence-corrected chi connectivity index (χ0v) is 10.9. The molecule has 0 fully saturated rings. The summed E-state index contributed by atoms with van der Waals surface area (Å²) >= 11 is 0. The number of hydrogen-bond donors (Lipinski definition) is 3. The molecule has 0 spiro atoms. The van der Waals surface area contributed by atoms with Gasteiger partial charge in [-0.2, -0.15) is 0 Å². The lowest BCUT2D eigenvalue weighted by Gasteiger charge is -2.09. The third kappa shape index (κ3) is 3.00. The Kier molecular flexibility index (Phi) is 3.27. The van der Waals surface area contributed by atoms with Crippen LogP contribution < -0.4 is 16.0 Å². The molecule has 0 unspecified atom stereocenters. The Morgan fingerprint density at radius 1 is 1.10 bits per heavy atom. The Balaban J connectivity index is 1.68. The number of urea groups is 1. The van der Waals surface area contributed by atoms with Crippen LogP contribution in [0, 0.1) is 5.82 Å². The van der Waals surface area contributed by atoms with Crippen molar-refractivity contribution in [2.24, 2.45) is 0 Å². The molecule has 0 aliphatic carbocycles. The van der Waals surface area contributed by atoms with E-state index in [2.05, 4.69) is 16.0 Å². The van der Waals surface area contributed by atoms with E-state index < -0.39 is 11.8 Å². The first-order valence-corrected chi connectivity index (χ1v) is 6.36. The van der Waals surface area contributed by atoms with Crippen LogP contribution in [0.2, 0.25) is 0 Å². The Morgan fingerprint density at radius 2 is 1.86 bits per heavy atom. The van der Waals surface area contributed by atoms with E-state index in [1.54, 1.807) is 24.3 Å². The highest BCUT2D eigenvalue weighted by Crippen LogP contribution is 2.26. The number of amides is 3. The number of fused-ring (bicyclic) bond motifs is 1. The maximum absolute atomic E-state index is 13.0. The molecule has 0 saturated heterocycles. The van der Waals surface area contributed by atoms with Crippen molar-refractivity contribution in [3.05, 3.63) is 53.8 Å². The van der Waals surface area contributed by atoms with E-state index >= 15 is 0 Å². The van der Waals surface area contributed by atoms with Gasteiger partial charge in [-0.3, -0.25) is 4.79 Å². The maximum atomic E-state index is 13.0. The number of halogens is 1. The van der Waals surface area contributed by atoms with Gasteiger partial charge in [0.1, 0.15) is 5.82 Å². The predicted octanol–water partition coefficient (Wildman–Crippen LogP) is 2.96. The molecule has 3 amide bonds. The summed E-state index contributed by atoms with van der Waals surface area (Å²) in [7, 11) is 0. The molecular formula is C15H12FN3O2. The Hall–Kier alpha value is -2.89. The molecule has 2 aromatic carbocycles. The van der Waals surface area contributed by atoms with Crippen molar-refractivity contribution in [1.82, 2.24) is 0 Å². The van der Waals surface area contributed by atoms with Crippen LogP contribution >= 0.6 is 0 Å². The highest BCUT2D eigenvalue weighted by atomic mass is 19.1. The van der Waals surface area contributed by atoms with Crippen molar-refractivity contribution in [3.8, 4) is 0 Å². The molecule has 2 aromatic rings. The molecule has 0 atom stereocenters. The Bertz CT molecular complexity index is 731. The summed E-state index contributed by atoms with van der Waals surface area (Å²) < 4.78 is 13.0. The van der Waals surface area contributed by atoms with E-state index in [9.17, 15) is 14.0 Å². The maximum Gasteiger partial charge on any atom is 0.323 e. The SMILES string of the molecule is O=C1Cc2ccc(NC(=O)Nc3cccc(F)c3)cc2N1.